The maximum absolute atomic E-state index is 12.3. The first-order chi connectivity index (χ1) is 13.6. The van der Waals surface area contributed by atoms with E-state index >= 15 is 0 Å². The fourth-order valence-corrected chi connectivity index (χ4v) is 3.82. The van der Waals surface area contributed by atoms with Crippen LogP contribution in [0.1, 0.15) is 15.4 Å². The van der Waals surface area contributed by atoms with Crippen molar-refractivity contribution in [2.45, 2.75) is 18.0 Å². The number of anilines is 1. The van der Waals surface area contributed by atoms with Gasteiger partial charge in [-0.2, -0.15) is 8.42 Å². The van der Waals surface area contributed by atoms with E-state index in [9.17, 15) is 26.4 Å². The summed E-state index contributed by atoms with van der Waals surface area (Å²) >= 11 is 1.45. The van der Waals surface area contributed by atoms with Crippen molar-refractivity contribution in [3.05, 3.63) is 64.5 Å². The third-order valence-electron chi connectivity index (χ3n) is 3.41. The minimum atomic E-state index is -4.85. The number of carbonyl (C=O) groups excluding carboxylic acids is 1. The highest BCUT2D eigenvalue weighted by atomic mass is 32.2. The number of thiophene rings is 1. The number of rotatable bonds is 7. The molecule has 29 heavy (non-hydrogen) atoms. The molecule has 154 valence electrons. The van der Waals surface area contributed by atoms with Crippen molar-refractivity contribution in [1.82, 2.24) is 5.32 Å². The largest absolute Gasteiger partial charge is 0.573 e. The van der Waals surface area contributed by atoms with Crippen molar-refractivity contribution in [2.24, 2.45) is 0 Å². The van der Waals surface area contributed by atoms with Gasteiger partial charge < -0.3 is 14.5 Å². The first-order valence-electron chi connectivity index (χ1n) is 7.91. The molecule has 0 aliphatic heterocycles. The fourth-order valence-electron chi connectivity index (χ4n) is 2.18. The molecule has 0 unspecified atom stereocenters. The Morgan fingerprint density at radius 2 is 1.83 bits per heavy atom. The Bertz CT molecular complexity index is 1080. The molecule has 0 radical (unpaired) electrons. The predicted molar refractivity (Wildman–Crippen MR) is 98.1 cm³/mol. The van der Waals surface area contributed by atoms with Crippen LogP contribution in [0, 0.1) is 0 Å². The van der Waals surface area contributed by atoms with Crippen molar-refractivity contribution < 1.29 is 35.5 Å². The van der Waals surface area contributed by atoms with Gasteiger partial charge in [0.2, 0.25) is 5.09 Å². The quantitative estimate of drug-likeness (QED) is 0.572. The molecule has 0 fully saturated rings. The van der Waals surface area contributed by atoms with Gasteiger partial charge in [0.25, 0.3) is 15.9 Å². The summed E-state index contributed by atoms with van der Waals surface area (Å²) in [5, 5.41) is 3.93. The Labute approximate surface area is 167 Å². The van der Waals surface area contributed by atoms with Gasteiger partial charge in [-0.1, -0.05) is 6.07 Å². The highest BCUT2D eigenvalue weighted by molar-refractivity contribution is 7.92. The molecule has 2 aromatic heterocycles. The van der Waals surface area contributed by atoms with Gasteiger partial charge in [0.05, 0.1) is 6.54 Å². The number of sulfonamides is 1. The molecule has 0 atom stereocenters. The summed E-state index contributed by atoms with van der Waals surface area (Å²) in [6.45, 7) is 0.268. The zero-order valence-electron chi connectivity index (χ0n) is 14.4. The number of hydrogen-bond acceptors (Lipinski definition) is 6. The maximum atomic E-state index is 12.3. The molecular weight excluding hydrogens is 433 g/mol. The molecule has 3 rings (SSSR count). The van der Waals surface area contributed by atoms with E-state index in [0.717, 1.165) is 35.2 Å². The van der Waals surface area contributed by atoms with Gasteiger partial charge in [-0.15, -0.1) is 24.5 Å². The predicted octanol–water partition coefficient (Wildman–Crippen LogP) is 3.97. The molecule has 0 saturated heterocycles. The summed E-state index contributed by atoms with van der Waals surface area (Å²) in [7, 11) is -4.19. The smallest absolute Gasteiger partial charge is 0.438 e. The van der Waals surface area contributed by atoms with Crippen molar-refractivity contribution in [3.63, 3.8) is 0 Å². The standard InChI is InChI=1S/C17H13F3N2O5S2/c18-17(19,20)27-12-5-3-11(4-6-12)22-29(24,25)15-8-7-14(26-15)16(23)21-10-13-2-1-9-28-13/h1-9,22H,10H2,(H,21,23). The Hall–Kier alpha value is -2.99. The second kappa shape index (κ2) is 8.17. The van der Waals surface area contributed by atoms with Crippen LogP contribution in [-0.4, -0.2) is 20.7 Å². The lowest BCUT2D eigenvalue weighted by molar-refractivity contribution is -0.274. The molecule has 0 spiro atoms. The van der Waals surface area contributed by atoms with E-state index < -0.39 is 33.1 Å². The van der Waals surface area contributed by atoms with Crippen LogP contribution in [0.3, 0.4) is 0 Å². The third kappa shape index (κ3) is 5.74. The SMILES string of the molecule is O=C(NCc1cccs1)c1ccc(S(=O)(=O)Nc2ccc(OC(F)(F)F)cc2)o1. The van der Waals surface area contributed by atoms with Crippen LogP contribution in [0.2, 0.25) is 0 Å². The number of halogens is 3. The number of furan rings is 1. The Balaban J connectivity index is 1.64. The van der Waals surface area contributed by atoms with Crippen molar-refractivity contribution >= 4 is 33.0 Å². The number of benzene rings is 1. The van der Waals surface area contributed by atoms with Crippen LogP contribution in [-0.2, 0) is 16.6 Å². The minimum Gasteiger partial charge on any atom is -0.438 e. The van der Waals surface area contributed by atoms with Crippen molar-refractivity contribution in [1.29, 1.82) is 0 Å². The maximum Gasteiger partial charge on any atom is 0.573 e. The lowest BCUT2D eigenvalue weighted by atomic mass is 10.3. The molecule has 0 bridgehead atoms. The average Bonchev–Trinajstić information content (AvgIpc) is 3.32. The molecule has 0 aliphatic carbocycles. The number of carbonyl (C=O) groups is 1. The van der Waals surface area contributed by atoms with E-state index in [0.29, 0.717) is 0 Å². The summed E-state index contributed by atoms with van der Waals surface area (Å²) in [5.74, 6) is -1.28. The molecule has 12 heteroatoms. The minimum absolute atomic E-state index is 0.0142. The number of nitrogens with one attached hydrogen (secondary N) is 2. The van der Waals surface area contributed by atoms with Gasteiger partial charge in [-0.25, -0.2) is 0 Å². The van der Waals surface area contributed by atoms with Gasteiger partial charge in [-0.05, 0) is 47.8 Å². The number of ether oxygens (including phenoxy) is 1. The molecule has 3 aromatic rings. The average molecular weight is 446 g/mol. The van der Waals surface area contributed by atoms with E-state index in [4.69, 9.17) is 4.42 Å². The molecule has 2 heterocycles. The van der Waals surface area contributed by atoms with Gasteiger partial charge in [0.15, 0.2) is 5.76 Å². The normalized spacial score (nSPS) is 11.8. The van der Waals surface area contributed by atoms with Crippen LogP contribution in [0.5, 0.6) is 5.75 Å². The molecule has 2 N–H and O–H groups in total. The number of alkyl halides is 3. The molecular formula is C17H13F3N2O5S2. The molecule has 0 saturated carbocycles. The van der Waals surface area contributed by atoms with Crippen LogP contribution in [0.4, 0.5) is 18.9 Å². The van der Waals surface area contributed by atoms with E-state index in [-0.39, 0.29) is 18.0 Å². The fraction of sp³-hybridized carbons (Fsp3) is 0.118. The lowest BCUT2D eigenvalue weighted by Gasteiger charge is -2.10. The van der Waals surface area contributed by atoms with Gasteiger partial charge in [0.1, 0.15) is 5.75 Å². The van der Waals surface area contributed by atoms with Crippen LogP contribution < -0.4 is 14.8 Å². The zero-order valence-corrected chi connectivity index (χ0v) is 16.0. The van der Waals surface area contributed by atoms with E-state index in [1.54, 1.807) is 0 Å². The van der Waals surface area contributed by atoms with E-state index in [1.807, 2.05) is 17.5 Å². The lowest BCUT2D eigenvalue weighted by Crippen LogP contribution is -2.21. The highest BCUT2D eigenvalue weighted by Gasteiger charge is 2.31. The Morgan fingerprint density at radius 1 is 1.10 bits per heavy atom. The molecule has 1 amide bonds. The van der Waals surface area contributed by atoms with Gasteiger partial charge in [-0.3, -0.25) is 9.52 Å². The van der Waals surface area contributed by atoms with Crippen molar-refractivity contribution in [3.8, 4) is 5.75 Å². The van der Waals surface area contributed by atoms with Crippen molar-refractivity contribution in [2.75, 3.05) is 4.72 Å². The first kappa shape index (κ1) is 20.7. The second-order valence-corrected chi connectivity index (χ2v) is 8.20. The highest BCUT2D eigenvalue weighted by Crippen LogP contribution is 2.25. The summed E-state index contributed by atoms with van der Waals surface area (Å²) < 4.78 is 72.1. The number of amides is 1. The summed E-state index contributed by atoms with van der Waals surface area (Å²) in [5.41, 5.74) is -0.0142. The van der Waals surface area contributed by atoms with E-state index in [1.165, 1.54) is 17.4 Å². The number of hydrogen-bond donors (Lipinski definition) is 2. The monoisotopic (exact) mass is 446 g/mol. The van der Waals surface area contributed by atoms with Gasteiger partial charge in [0, 0.05) is 10.6 Å². The summed E-state index contributed by atoms with van der Waals surface area (Å²) in [4.78, 5) is 13.0. The molecule has 0 aliphatic rings. The Morgan fingerprint density at radius 3 is 2.45 bits per heavy atom. The van der Waals surface area contributed by atoms with E-state index in [2.05, 4.69) is 14.8 Å². The topological polar surface area (TPSA) is 97.6 Å². The van der Waals surface area contributed by atoms with Crippen LogP contribution in [0.15, 0.2) is 63.4 Å². The van der Waals surface area contributed by atoms with Crippen LogP contribution >= 0.6 is 11.3 Å². The summed E-state index contributed by atoms with van der Waals surface area (Å²) in [6.07, 6.45) is -4.85. The third-order valence-corrected chi connectivity index (χ3v) is 5.54. The van der Waals surface area contributed by atoms with Crippen LogP contribution in [0.25, 0.3) is 0 Å². The summed E-state index contributed by atoms with van der Waals surface area (Å²) in [6, 6.07) is 10.1. The first-order valence-corrected chi connectivity index (χ1v) is 10.3. The zero-order chi connectivity index (χ0) is 21.1. The second-order valence-electron chi connectivity index (χ2n) is 5.56. The molecule has 7 nitrogen and oxygen atoms in total. The molecule has 1 aromatic carbocycles. The Kier molecular flexibility index (Phi) is 5.84. The van der Waals surface area contributed by atoms with Gasteiger partial charge >= 0.3 is 6.36 Å².